The summed E-state index contributed by atoms with van der Waals surface area (Å²) in [7, 11) is 1.29. The van der Waals surface area contributed by atoms with Crippen LogP contribution in [-0.2, 0) is 9.53 Å². The maximum Gasteiger partial charge on any atom is 0.407 e. The molecule has 0 aliphatic carbocycles. The first-order valence-corrected chi connectivity index (χ1v) is 8.20. The van der Waals surface area contributed by atoms with Crippen molar-refractivity contribution in [3.8, 4) is 0 Å². The largest absolute Gasteiger partial charge is 0.453 e. The Morgan fingerprint density at radius 3 is 2.75 bits per heavy atom. The number of likely N-dealkylation sites (tertiary alicyclic amines) is 1. The first kappa shape index (κ1) is 18.0. The molecule has 0 saturated carbocycles. The lowest BCUT2D eigenvalue weighted by Crippen LogP contribution is -2.51. The van der Waals surface area contributed by atoms with E-state index in [1.54, 1.807) is 11.1 Å². The number of methoxy groups -OCH3 is 1. The van der Waals surface area contributed by atoms with Gasteiger partial charge < -0.3 is 19.9 Å². The van der Waals surface area contributed by atoms with Crippen molar-refractivity contribution in [2.45, 2.75) is 45.7 Å². The topological polar surface area (TPSA) is 87.3 Å². The van der Waals surface area contributed by atoms with E-state index in [-0.39, 0.29) is 17.9 Å². The smallest absolute Gasteiger partial charge is 0.407 e. The highest BCUT2D eigenvalue weighted by atomic mass is 16.5. The number of alkyl carbamates (subject to hydrolysis) is 1. The number of aromatic nitrogens is 2. The van der Waals surface area contributed by atoms with Crippen LogP contribution >= 0.6 is 0 Å². The highest BCUT2D eigenvalue weighted by Crippen LogP contribution is 2.31. The summed E-state index contributed by atoms with van der Waals surface area (Å²) in [5.41, 5.74) is 1.77. The van der Waals surface area contributed by atoms with Gasteiger partial charge in [0.1, 0.15) is 11.9 Å². The van der Waals surface area contributed by atoms with E-state index in [1.807, 2.05) is 20.8 Å². The fraction of sp³-hybridized carbons (Fsp3) is 0.588. The zero-order valence-electron chi connectivity index (χ0n) is 14.8. The lowest BCUT2D eigenvalue weighted by atomic mass is 10.0. The van der Waals surface area contributed by atoms with Gasteiger partial charge in [-0.1, -0.05) is 20.4 Å². The molecule has 1 aliphatic rings. The molecule has 1 fully saturated rings. The number of imidazole rings is 1. The third kappa shape index (κ3) is 3.77. The van der Waals surface area contributed by atoms with E-state index in [1.165, 1.54) is 7.11 Å². The molecule has 2 N–H and O–H groups in total. The minimum Gasteiger partial charge on any atom is -0.453 e. The molecule has 0 spiro atoms. The minimum atomic E-state index is -0.617. The molecule has 1 aromatic heterocycles. The number of aromatic amines is 1. The average molecular weight is 334 g/mol. The van der Waals surface area contributed by atoms with Crippen LogP contribution in [0.15, 0.2) is 12.8 Å². The van der Waals surface area contributed by atoms with Crippen molar-refractivity contribution in [1.82, 2.24) is 20.2 Å². The number of allylic oxidation sites excluding steroid dienone is 1. The first-order valence-electron chi connectivity index (χ1n) is 8.20. The summed E-state index contributed by atoms with van der Waals surface area (Å²) in [5, 5.41) is 2.64. The molecular formula is C17H26N4O3. The van der Waals surface area contributed by atoms with Crippen LogP contribution < -0.4 is 5.32 Å². The van der Waals surface area contributed by atoms with Gasteiger partial charge in [-0.15, -0.1) is 0 Å². The summed E-state index contributed by atoms with van der Waals surface area (Å²) in [4.78, 5) is 34.0. The molecule has 0 aromatic carbocycles. The molecule has 24 heavy (non-hydrogen) atoms. The molecule has 7 heteroatoms. The number of rotatable bonds is 5. The van der Waals surface area contributed by atoms with E-state index in [4.69, 9.17) is 0 Å². The molecule has 2 atom stereocenters. The van der Waals surface area contributed by atoms with Crippen LogP contribution in [0, 0.1) is 5.92 Å². The van der Waals surface area contributed by atoms with Crippen molar-refractivity contribution in [1.29, 1.82) is 0 Å². The molecule has 2 unspecified atom stereocenters. The van der Waals surface area contributed by atoms with Crippen LogP contribution in [0.1, 0.15) is 51.2 Å². The quantitative estimate of drug-likeness (QED) is 0.866. The van der Waals surface area contributed by atoms with Crippen LogP contribution in [0.3, 0.4) is 0 Å². The molecule has 2 amide bonds. The first-order chi connectivity index (χ1) is 11.3. The Morgan fingerprint density at radius 2 is 2.21 bits per heavy atom. The van der Waals surface area contributed by atoms with Gasteiger partial charge in [0.15, 0.2) is 0 Å². The molecule has 7 nitrogen and oxygen atoms in total. The van der Waals surface area contributed by atoms with Crippen LogP contribution in [-0.4, -0.2) is 46.6 Å². The van der Waals surface area contributed by atoms with Crippen molar-refractivity contribution < 1.29 is 14.3 Å². The zero-order valence-corrected chi connectivity index (χ0v) is 14.8. The Morgan fingerprint density at radius 1 is 1.50 bits per heavy atom. The minimum absolute atomic E-state index is 0.0413. The third-order valence-corrected chi connectivity index (χ3v) is 4.30. The van der Waals surface area contributed by atoms with E-state index in [2.05, 4.69) is 26.6 Å². The molecule has 2 heterocycles. The Kier molecular flexibility index (Phi) is 5.64. The van der Waals surface area contributed by atoms with E-state index in [0.717, 1.165) is 29.9 Å². The fourth-order valence-corrected chi connectivity index (χ4v) is 2.92. The van der Waals surface area contributed by atoms with Gasteiger partial charge >= 0.3 is 6.09 Å². The second-order valence-electron chi connectivity index (χ2n) is 6.51. The van der Waals surface area contributed by atoms with Crippen LogP contribution in [0.25, 0.3) is 5.57 Å². The van der Waals surface area contributed by atoms with E-state index in [0.29, 0.717) is 6.54 Å². The number of amides is 2. The maximum absolute atomic E-state index is 13.0. The lowest BCUT2D eigenvalue weighted by Gasteiger charge is -2.30. The van der Waals surface area contributed by atoms with E-state index >= 15 is 0 Å². The number of carbonyl (C=O) groups excluding carboxylic acids is 2. The van der Waals surface area contributed by atoms with Crippen molar-refractivity contribution in [3.05, 3.63) is 24.3 Å². The van der Waals surface area contributed by atoms with Crippen molar-refractivity contribution in [2.24, 2.45) is 5.92 Å². The zero-order chi connectivity index (χ0) is 17.9. The third-order valence-electron chi connectivity index (χ3n) is 4.30. The molecule has 0 bridgehead atoms. The lowest BCUT2D eigenvalue weighted by molar-refractivity contribution is -0.135. The van der Waals surface area contributed by atoms with Crippen LogP contribution in [0.2, 0.25) is 0 Å². The average Bonchev–Trinajstić information content (AvgIpc) is 3.19. The number of nitrogens with zero attached hydrogens (tertiary/aromatic N) is 2. The number of hydrogen-bond acceptors (Lipinski definition) is 4. The number of hydrogen-bond donors (Lipinski definition) is 2. The highest BCUT2D eigenvalue weighted by Gasteiger charge is 2.37. The summed E-state index contributed by atoms with van der Waals surface area (Å²) < 4.78 is 4.64. The molecule has 1 aromatic rings. The number of ether oxygens (including phenoxy) is 1. The van der Waals surface area contributed by atoms with Crippen molar-refractivity contribution in [3.63, 3.8) is 0 Å². The molecule has 1 saturated heterocycles. The van der Waals surface area contributed by atoms with E-state index < -0.39 is 12.1 Å². The summed E-state index contributed by atoms with van der Waals surface area (Å²) >= 11 is 0. The number of carbonyl (C=O) groups is 2. The summed E-state index contributed by atoms with van der Waals surface area (Å²) in [6.45, 7) is 10.3. The summed E-state index contributed by atoms with van der Waals surface area (Å²) in [6, 6.07) is -0.722. The van der Waals surface area contributed by atoms with E-state index in [9.17, 15) is 9.59 Å². The predicted molar refractivity (Wildman–Crippen MR) is 91.2 cm³/mol. The van der Waals surface area contributed by atoms with Gasteiger partial charge in [-0.2, -0.15) is 0 Å². The van der Waals surface area contributed by atoms with Gasteiger partial charge in [0.05, 0.1) is 25.0 Å². The standard InChI is InChI=1S/C17H26N4O3/c1-10(2)12-9-18-15(19-12)13-7-6-8-21(13)16(22)14(11(3)4)20-17(23)24-5/h9,11,13-14H,1,6-8H2,2-5H3,(H,18,19)(H,20,23). The fourth-order valence-electron chi connectivity index (χ4n) is 2.92. The van der Waals surface area contributed by atoms with Gasteiger partial charge in [-0.25, -0.2) is 9.78 Å². The molecule has 132 valence electrons. The van der Waals surface area contributed by atoms with Gasteiger partial charge in [-0.05, 0) is 31.3 Å². The Bertz CT molecular complexity index is 623. The van der Waals surface area contributed by atoms with Crippen molar-refractivity contribution in [2.75, 3.05) is 13.7 Å². The van der Waals surface area contributed by atoms with Gasteiger partial charge in [0, 0.05) is 6.54 Å². The summed E-state index contributed by atoms with van der Waals surface area (Å²) in [6.07, 6.45) is 2.89. The monoisotopic (exact) mass is 334 g/mol. The molecule has 2 rings (SSSR count). The predicted octanol–water partition coefficient (Wildman–Crippen LogP) is 2.49. The Labute approximate surface area is 142 Å². The van der Waals surface area contributed by atoms with Gasteiger partial charge in [-0.3, -0.25) is 4.79 Å². The number of H-pyrrole nitrogens is 1. The van der Waals surface area contributed by atoms with Crippen molar-refractivity contribution >= 4 is 17.6 Å². The molecule has 0 radical (unpaired) electrons. The molecule has 1 aliphatic heterocycles. The molecular weight excluding hydrogens is 308 g/mol. The second-order valence-corrected chi connectivity index (χ2v) is 6.51. The van der Waals surface area contributed by atoms with Gasteiger partial charge in [0.2, 0.25) is 5.91 Å². The SMILES string of the molecule is C=C(C)c1cnc(C2CCCN2C(=O)C(NC(=O)OC)C(C)C)[nH]1. The highest BCUT2D eigenvalue weighted by molar-refractivity contribution is 5.86. The van der Waals surface area contributed by atoms with Crippen LogP contribution in [0.5, 0.6) is 0 Å². The summed E-state index contributed by atoms with van der Waals surface area (Å²) in [5.74, 6) is 0.617. The maximum atomic E-state index is 13.0. The van der Waals surface area contributed by atoms with Gasteiger partial charge in [0.25, 0.3) is 0 Å². The van der Waals surface area contributed by atoms with Crippen LogP contribution in [0.4, 0.5) is 4.79 Å². The Hall–Kier alpha value is -2.31. The Balaban J connectivity index is 2.19. The number of nitrogens with one attached hydrogen (secondary N) is 2. The normalized spacial score (nSPS) is 18.5. The second kappa shape index (κ2) is 7.51.